The molecule has 0 radical (unpaired) electrons. The second-order valence-electron chi connectivity index (χ2n) is 6.12. The average molecular weight is 429 g/mol. The number of alkyl halides is 1. The number of carbonyl (C=O) groups is 2. The highest BCUT2D eigenvalue weighted by Crippen LogP contribution is 2.30. The lowest BCUT2D eigenvalue weighted by Crippen LogP contribution is -2.46. The van der Waals surface area contributed by atoms with Crippen molar-refractivity contribution in [2.45, 2.75) is 49.6 Å². The number of anilines is 1. The fraction of sp³-hybridized carbons (Fsp3) is 0.647. The van der Waals surface area contributed by atoms with Crippen molar-refractivity contribution in [1.82, 2.24) is 14.9 Å². The van der Waals surface area contributed by atoms with Gasteiger partial charge in [-0.1, -0.05) is 41.5 Å². The highest BCUT2D eigenvalue weighted by Gasteiger charge is 2.40. The van der Waals surface area contributed by atoms with Gasteiger partial charge in [-0.2, -0.15) is 0 Å². The first-order valence-electron chi connectivity index (χ1n) is 8.52. The molecule has 0 N–H and O–H groups in total. The van der Waals surface area contributed by atoms with Gasteiger partial charge in [-0.15, -0.1) is 0 Å². The Balaban J connectivity index is 2.50. The highest BCUT2D eigenvalue weighted by molar-refractivity contribution is 9.08. The summed E-state index contributed by atoms with van der Waals surface area (Å²) in [6.45, 7) is 4.74. The molecule has 0 bridgehead atoms. The molecule has 1 aliphatic heterocycles. The van der Waals surface area contributed by atoms with E-state index in [1.165, 1.54) is 11.8 Å². The van der Waals surface area contributed by atoms with Crippen LogP contribution in [0.1, 0.15) is 38.7 Å². The van der Waals surface area contributed by atoms with Crippen LogP contribution in [0.4, 0.5) is 5.82 Å². The van der Waals surface area contributed by atoms with E-state index in [1.54, 1.807) is 23.0 Å². The second kappa shape index (κ2) is 8.98. The predicted octanol–water partition coefficient (Wildman–Crippen LogP) is 3.09. The first-order valence-corrected chi connectivity index (χ1v) is 10.9. The van der Waals surface area contributed by atoms with Gasteiger partial charge in [0.15, 0.2) is 5.16 Å². The van der Waals surface area contributed by atoms with Crippen molar-refractivity contribution in [2.24, 2.45) is 5.92 Å². The molecule has 6 nitrogen and oxygen atoms in total. The molecular weight excluding hydrogens is 404 g/mol. The van der Waals surface area contributed by atoms with Gasteiger partial charge in [0, 0.05) is 36.7 Å². The molecule has 1 fully saturated rings. The van der Waals surface area contributed by atoms with E-state index >= 15 is 0 Å². The summed E-state index contributed by atoms with van der Waals surface area (Å²) in [5.74, 6) is -0.227. The number of likely N-dealkylation sites (tertiary alicyclic amines) is 1. The molecule has 0 spiro atoms. The molecule has 2 amide bonds. The van der Waals surface area contributed by atoms with Crippen LogP contribution < -0.4 is 4.90 Å². The lowest BCUT2D eigenvalue weighted by molar-refractivity contribution is -0.136. The summed E-state index contributed by atoms with van der Waals surface area (Å²) in [7, 11) is 1.75. The van der Waals surface area contributed by atoms with E-state index in [9.17, 15) is 9.59 Å². The number of nitrogens with zero attached hydrogens (tertiary/aromatic N) is 4. The average Bonchev–Trinajstić information content (AvgIpc) is 2.97. The summed E-state index contributed by atoms with van der Waals surface area (Å²) >= 11 is 4.91. The van der Waals surface area contributed by atoms with Crippen molar-refractivity contribution in [3.05, 3.63) is 11.8 Å². The number of amides is 2. The van der Waals surface area contributed by atoms with E-state index in [0.717, 1.165) is 18.4 Å². The number of thioether (sulfide) groups is 1. The van der Waals surface area contributed by atoms with Gasteiger partial charge in [-0.05, 0) is 25.5 Å². The summed E-state index contributed by atoms with van der Waals surface area (Å²) in [4.78, 5) is 38.0. The molecule has 2 heterocycles. The topological polar surface area (TPSA) is 66.4 Å². The third-order valence-corrected chi connectivity index (χ3v) is 5.81. The molecule has 138 valence electrons. The zero-order valence-corrected chi connectivity index (χ0v) is 17.6. The predicted molar refractivity (Wildman–Crippen MR) is 104 cm³/mol. The van der Waals surface area contributed by atoms with Crippen LogP contribution in [-0.4, -0.2) is 52.6 Å². The van der Waals surface area contributed by atoms with Gasteiger partial charge in [0.05, 0.1) is 0 Å². The maximum absolute atomic E-state index is 13.3. The first-order chi connectivity index (χ1) is 12.0. The fourth-order valence-corrected chi connectivity index (χ4v) is 3.85. The molecule has 8 heteroatoms. The molecule has 1 atom stereocenters. The fourth-order valence-electron chi connectivity index (χ4n) is 3.11. The van der Waals surface area contributed by atoms with Crippen LogP contribution in [0.25, 0.3) is 0 Å². The first kappa shape index (κ1) is 20.2. The van der Waals surface area contributed by atoms with Gasteiger partial charge in [0.1, 0.15) is 11.7 Å². The minimum Gasteiger partial charge on any atom is -0.345 e. The lowest BCUT2D eigenvalue weighted by atomic mass is 10.0. The maximum Gasteiger partial charge on any atom is 0.241 e. The van der Waals surface area contributed by atoms with Crippen LogP contribution in [0.2, 0.25) is 0 Å². The summed E-state index contributed by atoms with van der Waals surface area (Å²) in [6.07, 6.45) is 5.84. The molecular formula is C17H25BrN4O2S. The number of hydrogen-bond acceptors (Lipinski definition) is 5. The number of rotatable bonds is 7. The summed E-state index contributed by atoms with van der Waals surface area (Å²) in [6, 6.07) is 0.00797. The molecule has 1 aromatic heterocycles. The highest BCUT2D eigenvalue weighted by atomic mass is 79.9. The van der Waals surface area contributed by atoms with E-state index in [0.29, 0.717) is 29.3 Å². The van der Waals surface area contributed by atoms with Gasteiger partial charge in [0.2, 0.25) is 11.8 Å². The minimum absolute atomic E-state index is 0.00797. The third-order valence-electron chi connectivity index (χ3n) is 4.64. The molecule has 25 heavy (non-hydrogen) atoms. The summed E-state index contributed by atoms with van der Waals surface area (Å²) in [5.41, 5.74) is 0.858. The Morgan fingerprint density at radius 1 is 1.48 bits per heavy atom. The SMILES string of the molecule is CCC(CC)N(C(=O)C1CCN(C)C1=O)c1nc(SC)ncc1CBr. The van der Waals surface area contributed by atoms with Crippen LogP contribution in [0, 0.1) is 5.92 Å². The van der Waals surface area contributed by atoms with Gasteiger partial charge in [-0.25, -0.2) is 9.97 Å². The van der Waals surface area contributed by atoms with Crippen LogP contribution in [-0.2, 0) is 14.9 Å². The lowest BCUT2D eigenvalue weighted by Gasteiger charge is -2.32. The van der Waals surface area contributed by atoms with Crippen LogP contribution in [0.3, 0.4) is 0 Å². The van der Waals surface area contributed by atoms with Crippen molar-refractivity contribution in [3.8, 4) is 0 Å². The zero-order chi connectivity index (χ0) is 18.6. The molecule has 1 aromatic rings. The normalized spacial score (nSPS) is 17.4. The number of aromatic nitrogens is 2. The molecule has 1 aliphatic rings. The van der Waals surface area contributed by atoms with Gasteiger partial charge >= 0.3 is 0 Å². The van der Waals surface area contributed by atoms with Gasteiger partial charge < -0.3 is 4.90 Å². The summed E-state index contributed by atoms with van der Waals surface area (Å²) in [5, 5.41) is 1.18. The molecule has 0 aromatic carbocycles. The Morgan fingerprint density at radius 3 is 2.64 bits per heavy atom. The zero-order valence-electron chi connectivity index (χ0n) is 15.2. The molecule has 2 rings (SSSR count). The van der Waals surface area contributed by atoms with Crippen LogP contribution in [0.5, 0.6) is 0 Å². The molecule has 0 saturated carbocycles. The largest absolute Gasteiger partial charge is 0.345 e. The molecule has 0 aliphatic carbocycles. The minimum atomic E-state index is -0.610. The number of carbonyl (C=O) groups excluding carboxylic acids is 2. The quantitative estimate of drug-likeness (QED) is 0.289. The Morgan fingerprint density at radius 2 is 2.16 bits per heavy atom. The number of hydrogen-bond donors (Lipinski definition) is 0. The van der Waals surface area contributed by atoms with Crippen molar-refractivity contribution in [1.29, 1.82) is 0 Å². The van der Waals surface area contributed by atoms with Gasteiger partial charge in [-0.3, -0.25) is 14.5 Å². The Hall–Kier alpha value is -1.15. The maximum atomic E-state index is 13.3. The van der Waals surface area contributed by atoms with Gasteiger partial charge in [0.25, 0.3) is 0 Å². The third kappa shape index (κ3) is 4.16. The van der Waals surface area contributed by atoms with Crippen molar-refractivity contribution in [2.75, 3.05) is 24.7 Å². The van der Waals surface area contributed by atoms with E-state index in [2.05, 4.69) is 39.7 Å². The molecule has 1 saturated heterocycles. The van der Waals surface area contributed by atoms with Crippen molar-refractivity contribution in [3.63, 3.8) is 0 Å². The Kier molecular flexibility index (Phi) is 7.25. The Bertz CT molecular complexity index is 639. The van der Waals surface area contributed by atoms with E-state index in [1.807, 2.05) is 6.26 Å². The Labute approximate surface area is 161 Å². The summed E-state index contributed by atoms with van der Waals surface area (Å²) < 4.78 is 0. The standard InChI is InChI=1S/C17H25BrN4O2S/c1-5-12(6-2)22(16(24)13-7-8-21(3)15(13)23)14-11(9-18)10-19-17(20-14)25-4/h10,12-13H,5-9H2,1-4H3. The van der Waals surface area contributed by atoms with Crippen molar-refractivity contribution < 1.29 is 9.59 Å². The molecule has 1 unspecified atom stereocenters. The van der Waals surface area contributed by atoms with E-state index in [4.69, 9.17) is 0 Å². The van der Waals surface area contributed by atoms with E-state index in [-0.39, 0.29) is 17.9 Å². The number of halogens is 1. The van der Waals surface area contributed by atoms with Crippen molar-refractivity contribution >= 4 is 45.3 Å². The monoisotopic (exact) mass is 428 g/mol. The van der Waals surface area contributed by atoms with Crippen LogP contribution >= 0.6 is 27.7 Å². The van der Waals surface area contributed by atoms with E-state index < -0.39 is 5.92 Å². The smallest absolute Gasteiger partial charge is 0.241 e. The van der Waals surface area contributed by atoms with Crippen LogP contribution in [0.15, 0.2) is 11.4 Å². The second-order valence-corrected chi connectivity index (χ2v) is 7.45.